The van der Waals surface area contributed by atoms with Crippen LogP contribution in [-0.2, 0) is 6.42 Å². The van der Waals surface area contributed by atoms with Gasteiger partial charge in [0.25, 0.3) is 0 Å². The third-order valence-corrected chi connectivity index (χ3v) is 2.76. The van der Waals surface area contributed by atoms with Gasteiger partial charge in [-0.25, -0.2) is 4.98 Å². The average molecular weight is 250 g/mol. The highest BCUT2D eigenvalue weighted by atomic mass is 35.5. The molecule has 0 aliphatic carbocycles. The van der Waals surface area contributed by atoms with Crippen molar-refractivity contribution < 1.29 is 0 Å². The van der Waals surface area contributed by atoms with Crippen LogP contribution in [0.1, 0.15) is 19.4 Å². The minimum Gasteiger partial charge on any atom is -0.325 e. The van der Waals surface area contributed by atoms with E-state index in [1.54, 1.807) is 12.5 Å². The summed E-state index contributed by atoms with van der Waals surface area (Å²) in [5, 5.41) is 0.713. The molecule has 2 N–H and O–H groups in total. The Hall–Kier alpha value is -1.32. The van der Waals surface area contributed by atoms with Gasteiger partial charge in [0.2, 0.25) is 0 Å². The molecule has 90 valence electrons. The summed E-state index contributed by atoms with van der Waals surface area (Å²) in [4.78, 5) is 4.01. The molecule has 17 heavy (non-hydrogen) atoms. The summed E-state index contributed by atoms with van der Waals surface area (Å²) in [6.45, 7) is 4.01. The molecule has 1 aromatic carbocycles. The molecule has 0 aliphatic heterocycles. The van der Waals surface area contributed by atoms with Crippen molar-refractivity contribution in [3.8, 4) is 5.69 Å². The first-order chi connectivity index (χ1) is 7.96. The smallest absolute Gasteiger partial charge is 0.0992 e. The van der Waals surface area contributed by atoms with Gasteiger partial charge in [-0.3, -0.25) is 0 Å². The van der Waals surface area contributed by atoms with Crippen LogP contribution in [0.4, 0.5) is 0 Å². The lowest BCUT2D eigenvalue weighted by molar-refractivity contribution is 0.517. The minimum atomic E-state index is -0.222. The van der Waals surface area contributed by atoms with Gasteiger partial charge < -0.3 is 10.3 Å². The van der Waals surface area contributed by atoms with E-state index in [1.807, 2.05) is 36.7 Å². The molecule has 2 aromatic rings. The number of nitrogens with zero attached hydrogens (tertiary/aromatic N) is 2. The van der Waals surface area contributed by atoms with Gasteiger partial charge in [-0.1, -0.05) is 17.7 Å². The molecule has 0 radical (unpaired) electrons. The predicted octanol–water partition coefficient (Wildman–Crippen LogP) is 2.81. The van der Waals surface area contributed by atoms with Crippen molar-refractivity contribution in [1.82, 2.24) is 9.55 Å². The fraction of sp³-hybridized carbons (Fsp3) is 0.308. The SMILES string of the molecule is CC(C)(N)Cc1ccc(-n2ccnc2)c(Cl)c1. The van der Waals surface area contributed by atoms with Crippen LogP contribution in [0.15, 0.2) is 36.9 Å². The first-order valence-corrected chi connectivity index (χ1v) is 5.89. The zero-order valence-corrected chi connectivity index (χ0v) is 10.8. The van der Waals surface area contributed by atoms with E-state index in [0.29, 0.717) is 5.02 Å². The highest BCUT2D eigenvalue weighted by molar-refractivity contribution is 6.32. The fourth-order valence-corrected chi connectivity index (χ4v) is 2.10. The third-order valence-electron chi connectivity index (χ3n) is 2.45. The van der Waals surface area contributed by atoms with Crippen LogP contribution in [0.2, 0.25) is 5.02 Å². The summed E-state index contributed by atoms with van der Waals surface area (Å²) >= 11 is 6.26. The Bertz CT molecular complexity index is 498. The number of benzene rings is 1. The number of halogens is 1. The molecule has 0 bridgehead atoms. The fourth-order valence-electron chi connectivity index (χ4n) is 1.80. The summed E-state index contributed by atoms with van der Waals surface area (Å²) < 4.78 is 1.89. The zero-order chi connectivity index (χ0) is 12.5. The maximum atomic E-state index is 6.26. The molecule has 0 spiro atoms. The highest BCUT2D eigenvalue weighted by Crippen LogP contribution is 2.23. The maximum absolute atomic E-state index is 6.26. The van der Waals surface area contributed by atoms with Crippen LogP contribution in [0.25, 0.3) is 5.69 Å². The Labute approximate surface area is 106 Å². The summed E-state index contributed by atoms with van der Waals surface area (Å²) in [5.74, 6) is 0. The summed E-state index contributed by atoms with van der Waals surface area (Å²) in [6, 6.07) is 6.01. The zero-order valence-electron chi connectivity index (χ0n) is 10.0. The average Bonchev–Trinajstić information content (AvgIpc) is 2.68. The molecule has 4 heteroatoms. The van der Waals surface area contributed by atoms with Crippen molar-refractivity contribution >= 4 is 11.6 Å². The van der Waals surface area contributed by atoms with Gasteiger partial charge >= 0.3 is 0 Å². The quantitative estimate of drug-likeness (QED) is 0.909. The van der Waals surface area contributed by atoms with E-state index in [1.165, 1.54) is 0 Å². The standard InChI is InChI=1S/C13H16ClN3/c1-13(2,15)8-10-3-4-12(11(14)7-10)17-6-5-16-9-17/h3-7,9H,8,15H2,1-2H3. The summed E-state index contributed by atoms with van der Waals surface area (Å²) in [6.07, 6.45) is 6.13. The van der Waals surface area contributed by atoms with E-state index < -0.39 is 0 Å². The minimum absolute atomic E-state index is 0.222. The van der Waals surface area contributed by atoms with Gasteiger partial charge in [-0.2, -0.15) is 0 Å². The molecule has 0 saturated heterocycles. The Morgan fingerprint density at radius 3 is 2.71 bits per heavy atom. The second-order valence-electron chi connectivity index (χ2n) is 4.92. The normalized spacial score (nSPS) is 11.8. The van der Waals surface area contributed by atoms with Gasteiger partial charge in [-0.05, 0) is 38.0 Å². The number of aromatic nitrogens is 2. The van der Waals surface area contributed by atoms with Crippen LogP contribution < -0.4 is 5.73 Å². The first-order valence-electron chi connectivity index (χ1n) is 5.51. The Kier molecular flexibility index (Phi) is 3.22. The topological polar surface area (TPSA) is 43.8 Å². The molecular weight excluding hydrogens is 234 g/mol. The first kappa shape index (κ1) is 12.1. The lowest BCUT2D eigenvalue weighted by Gasteiger charge is -2.19. The van der Waals surface area contributed by atoms with Crippen LogP contribution in [0, 0.1) is 0 Å². The van der Waals surface area contributed by atoms with Crippen molar-refractivity contribution in [2.75, 3.05) is 0 Å². The molecule has 0 unspecified atom stereocenters. The van der Waals surface area contributed by atoms with Crippen LogP contribution in [-0.4, -0.2) is 15.1 Å². The van der Waals surface area contributed by atoms with Crippen LogP contribution in [0.5, 0.6) is 0 Å². The second-order valence-corrected chi connectivity index (χ2v) is 5.33. The van der Waals surface area contributed by atoms with Crippen molar-refractivity contribution in [3.05, 3.63) is 47.5 Å². The highest BCUT2D eigenvalue weighted by Gasteiger charge is 2.13. The maximum Gasteiger partial charge on any atom is 0.0992 e. The monoisotopic (exact) mass is 249 g/mol. The lowest BCUT2D eigenvalue weighted by Crippen LogP contribution is -2.34. The van der Waals surface area contributed by atoms with E-state index in [0.717, 1.165) is 17.7 Å². The van der Waals surface area contributed by atoms with Crippen molar-refractivity contribution in [2.45, 2.75) is 25.8 Å². The number of imidazole rings is 1. The molecule has 0 atom stereocenters. The van der Waals surface area contributed by atoms with E-state index in [-0.39, 0.29) is 5.54 Å². The number of nitrogens with two attached hydrogens (primary N) is 1. The summed E-state index contributed by atoms with van der Waals surface area (Å²) in [7, 11) is 0. The second kappa shape index (κ2) is 4.51. The molecule has 0 amide bonds. The predicted molar refractivity (Wildman–Crippen MR) is 70.5 cm³/mol. The van der Waals surface area contributed by atoms with E-state index in [9.17, 15) is 0 Å². The molecule has 1 heterocycles. The van der Waals surface area contributed by atoms with Crippen molar-refractivity contribution in [1.29, 1.82) is 0 Å². The Morgan fingerprint density at radius 1 is 1.41 bits per heavy atom. The lowest BCUT2D eigenvalue weighted by atomic mass is 9.96. The molecule has 0 saturated carbocycles. The summed E-state index contributed by atoms with van der Waals surface area (Å²) in [5.41, 5.74) is 7.85. The third kappa shape index (κ3) is 3.08. The number of hydrogen-bond acceptors (Lipinski definition) is 2. The van der Waals surface area contributed by atoms with Crippen LogP contribution in [0.3, 0.4) is 0 Å². The molecular formula is C13H16ClN3. The van der Waals surface area contributed by atoms with Gasteiger partial charge in [0, 0.05) is 17.9 Å². The van der Waals surface area contributed by atoms with E-state index in [4.69, 9.17) is 17.3 Å². The van der Waals surface area contributed by atoms with E-state index >= 15 is 0 Å². The van der Waals surface area contributed by atoms with Gasteiger partial charge in [0.05, 0.1) is 17.0 Å². The van der Waals surface area contributed by atoms with Crippen LogP contribution >= 0.6 is 11.6 Å². The molecule has 0 aliphatic rings. The van der Waals surface area contributed by atoms with Crippen molar-refractivity contribution in [3.63, 3.8) is 0 Å². The van der Waals surface area contributed by atoms with E-state index in [2.05, 4.69) is 11.1 Å². The largest absolute Gasteiger partial charge is 0.325 e. The Balaban J connectivity index is 2.30. The van der Waals surface area contributed by atoms with Gasteiger partial charge in [0.1, 0.15) is 0 Å². The Morgan fingerprint density at radius 2 is 2.18 bits per heavy atom. The molecule has 0 fully saturated rings. The van der Waals surface area contributed by atoms with Gasteiger partial charge in [0.15, 0.2) is 0 Å². The molecule has 3 nitrogen and oxygen atoms in total. The number of rotatable bonds is 3. The molecule has 1 aromatic heterocycles. The number of hydrogen-bond donors (Lipinski definition) is 1. The van der Waals surface area contributed by atoms with Crippen molar-refractivity contribution in [2.24, 2.45) is 5.73 Å². The molecule has 2 rings (SSSR count). The van der Waals surface area contributed by atoms with Gasteiger partial charge in [-0.15, -0.1) is 0 Å².